The maximum absolute atomic E-state index is 12.5. The van der Waals surface area contributed by atoms with Crippen molar-refractivity contribution in [2.75, 3.05) is 20.1 Å². The van der Waals surface area contributed by atoms with Crippen LogP contribution >= 0.6 is 0 Å². The molecule has 1 fully saturated rings. The van der Waals surface area contributed by atoms with Crippen molar-refractivity contribution in [3.8, 4) is 0 Å². The van der Waals surface area contributed by atoms with Gasteiger partial charge in [0.25, 0.3) is 5.91 Å². The summed E-state index contributed by atoms with van der Waals surface area (Å²) in [4.78, 5) is 19.4. The number of likely N-dealkylation sites (N-methyl/N-ethyl adjacent to an activating group) is 1. The van der Waals surface area contributed by atoms with Crippen LogP contribution in [0.2, 0.25) is 0 Å². The third kappa shape index (κ3) is 2.97. The SMILES string of the molecule is Cc1ccc2nc(C)c(C(=O)NC[C@H]3CCCN3C)cc2c1. The van der Waals surface area contributed by atoms with E-state index in [2.05, 4.69) is 35.2 Å². The number of aryl methyl sites for hydroxylation is 2. The smallest absolute Gasteiger partial charge is 0.253 e. The first-order chi connectivity index (χ1) is 10.5. The molecule has 0 bridgehead atoms. The molecule has 116 valence electrons. The molecule has 0 radical (unpaired) electrons. The number of carbonyl (C=O) groups excluding carboxylic acids is 1. The summed E-state index contributed by atoms with van der Waals surface area (Å²) in [5.74, 6) is -0.0197. The molecule has 2 heterocycles. The summed E-state index contributed by atoms with van der Waals surface area (Å²) in [7, 11) is 2.12. The highest BCUT2D eigenvalue weighted by Gasteiger charge is 2.21. The van der Waals surface area contributed by atoms with Crippen LogP contribution in [0.5, 0.6) is 0 Å². The standard InChI is InChI=1S/C18H23N3O/c1-12-6-7-17-14(9-12)10-16(13(2)20-17)18(22)19-11-15-5-4-8-21(15)3/h6-7,9-10,15H,4-5,8,11H2,1-3H3,(H,19,22)/t15-/m1/s1. The number of fused-ring (bicyclic) bond motifs is 1. The van der Waals surface area contributed by atoms with Gasteiger partial charge < -0.3 is 10.2 Å². The fourth-order valence-electron chi connectivity index (χ4n) is 3.16. The second-order valence-electron chi connectivity index (χ2n) is 6.30. The Morgan fingerprint density at radius 3 is 2.91 bits per heavy atom. The minimum Gasteiger partial charge on any atom is -0.350 e. The molecule has 0 spiro atoms. The van der Waals surface area contributed by atoms with Gasteiger partial charge in [0.15, 0.2) is 0 Å². The predicted octanol–water partition coefficient (Wildman–Crippen LogP) is 2.68. The van der Waals surface area contributed by atoms with E-state index in [4.69, 9.17) is 0 Å². The fraction of sp³-hybridized carbons (Fsp3) is 0.444. The van der Waals surface area contributed by atoms with Crippen LogP contribution in [0.1, 0.15) is 34.5 Å². The number of likely N-dealkylation sites (tertiary alicyclic amines) is 1. The third-order valence-electron chi connectivity index (χ3n) is 4.58. The molecule has 1 N–H and O–H groups in total. The van der Waals surface area contributed by atoms with Gasteiger partial charge in [-0.3, -0.25) is 9.78 Å². The number of amides is 1. The molecule has 22 heavy (non-hydrogen) atoms. The van der Waals surface area contributed by atoms with Gasteiger partial charge in [0.1, 0.15) is 0 Å². The molecule has 0 saturated carbocycles. The Morgan fingerprint density at radius 2 is 2.18 bits per heavy atom. The van der Waals surface area contributed by atoms with Crippen molar-refractivity contribution in [2.24, 2.45) is 0 Å². The van der Waals surface area contributed by atoms with Gasteiger partial charge in [0.05, 0.1) is 16.8 Å². The quantitative estimate of drug-likeness (QED) is 0.947. The van der Waals surface area contributed by atoms with Crippen molar-refractivity contribution in [1.82, 2.24) is 15.2 Å². The average molecular weight is 297 g/mol. The molecule has 2 aromatic rings. The maximum atomic E-state index is 12.5. The summed E-state index contributed by atoms with van der Waals surface area (Å²) >= 11 is 0. The van der Waals surface area contributed by atoms with Crippen LogP contribution in [-0.2, 0) is 0 Å². The molecule has 0 aliphatic carbocycles. The lowest BCUT2D eigenvalue weighted by Gasteiger charge is -2.20. The largest absolute Gasteiger partial charge is 0.350 e. The number of rotatable bonds is 3. The van der Waals surface area contributed by atoms with Crippen molar-refractivity contribution in [3.63, 3.8) is 0 Å². The van der Waals surface area contributed by atoms with Crippen LogP contribution in [0, 0.1) is 13.8 Å². The Bertz CT molecular complexity index is 711. The lowest BCUT2D eigenvalue weighted by Crippen LogP contribution is -2.38. The predicted molar refractivity (Wildman–Crippen MR) is 89.2 cm³/mol. The summed E-state index contributed by atoms with van der Waals surface area (Å²) in [5.41, 5.74) is 3.58. The normalized spacial score (nSPS) is 18.8. The Kier molecular flexibility index (Phi) is 4.12. The van der Waals surface area contributed by atoms with Crippen LogP contribution in [-0.4, -0.2) is 42.0 Å². The van der Waals surface area contributed by atoms with Crippen LogP contribution < -0.4 is 5.32 Å². The van der Waals surface area contributed by atoms with E-state index in [-0.39, 0.29) is 5.91 Å². The van der Waals surface area contributed by atoms with Crippen molar-refractivity contribution in [1.29, 1.82) is 0 Å². The first-order valence-corrected chi connectivity index (χ1v) is 7.91. The molecular weight excluding hydrogens is 274 g/mol. The molecule has 1 atom stereocenters. The Labute approximate surface area is 131 Å². The van der Waals surface area contributed by atoms with Gasteiger partial charge in [-0.05, 0) is 58.5 Å². The van der Waals surface area contributed by atoms with Gasteiger partial charge in [0, 0.05) is 18.0 Å². The Balaban J connectivity index is 1.79. The number of nitrogens with one attached hydrogen (secondary N) is 1. The number of carbonyl (C=O) groups is 1. The van der Waals surface area contributed by atoms with Crippen LogP contribution in [0.4, 0.5) is 0 Å². The topological polar surface area (TPSA) is 45.2 Å². The number of hydrogen-bond donors (Lipinski definition) is 1. The number of nitrogens with zero attached hydrogens (tertiary/aromatic N) is 2. The molecule has 1 aromatic carbocycles. The van der Waals surface area contributed by atoms with Gasteiger partial charge in [-0.1, -0.05) is 11.6 Å². The van der Waals surface area contributed by atoms with Gasteiger partial charge in [-0.15, -0.1) is 0 Å². The lowest BCUT2D eigenvalue weighted by atomic mass is 10.1. The highest BCUT2D eigenvalue weighted by atomic mass is 16.1. The van der Waals surface area contributed by atoms with Gasteiger partial charge in [-0.25, -0.2) is 0 Å². The van der Waals surface area contributed by atoms with Crippen LogP contribution in [0.3, 0.4) is 0 Å². The van der Waals surface area contributed by atoms with E-state index in [1.165, 1.54) is 12.0 Å². The van der Waals surface area contributed by atoms with E-state index in [9.17, 15) is 4.79 Å². The minimum absolute atomic E-state index is 0.0197. The zero-order chi connectivity index (χ0) is 15.7. The number of pyridine rings is 1. The Hall–Kier alpha value is -1.94. The van der Waals surface area contributed by atoms with E-state index >= 15 is 0 Å². The number of hydrogen-bond acceptors (Lipinski definition) is 3. The van der Waals surface area contributed by atoms with Gasteiger partial charge in [0.2, 0.25) is 0 Å². The fourth-order valence-corrected chi connectivity index (χ4v) is 3.16. The van der Waals surface area contributed by atoms with Crippen molar-refractivity contribution in [2.45, 2.75) is 32.7 Å². The summed E-state index contributed by atoms with van der Waals surface area (Å²) in [5, 5.41) is 4.09. The molecule has 3 rings (SSSR count). The monoisotopic (exact) mass is 297 g/mol. The molecule has 1 aromatic heterocycles. The second-order valence-corrected chi connectivity index (χ2v) is 6.30. The summed E-state index contributed by atoms with van der Waals surface area (Å²) in [6, 6.07) is 8.54. The zero-order valence-corrected chi connectivity index (χ0v) is 13.5. The van der Waals surface area contributed by atoms with Crippen molar-refractivity contribution < 1.29 is 4.79 Å². The molecule has 4 nitrogen and oxygen atoms in total. The Morgan fingerprint density at radius 1 is 1.36 bits per heavy atom. The molecule has 1 aliphatic heterocycles. The summed E-state index contributed by atoms with van der Waals surface area (Å²) in [6.45, 7) is 5.78. The highest BCUT2D eigenvalue weighted by molar-refractivity contribution is 5.98. The van der Waals surface area contributed by atoms with E-state index in [1.54, 1.807) is 0 Å². The molecule has 4 heteroatoms. The third-order valence-corrected chi connectivity index (χ3v) is 4.58. The molecule has 1 amide bonds. The van der Waals surface area contributed by atoms with Crippen molar-refractivity contribution in [3.05, 3.63) is 41.1 Å². The van der Waals surface area contributed by atoms with Crippen molar-refractivity contribution >= 4 is 16.8 Å². The molecule has 0 unspecified atom stereocenters. The minimum atomic E-state index is -0.0197. The van der Waals surface area contributed by atoms with Gasteiger partial charge in [-0.2, -0.15) is 0 Å². The zero-order valence-electron chi connectivity index (χ0n) is 13.5. The van der Waals surface area contributed by atoms with E-state index in [1.807, 2.05) is 25.1 Å². The lowest BCUT2D eigenvalue weighted by molar-refractivity contribution is 0.0943. The average Bonchev–Trinajstić information content (AvgIpc) is 2.90. The molecular formula is C18H23N3O. The van der Waals surface area contributed by atoms with Crippen LogP contribution in [0.15, 0.2) is 24.3 Å². The molecule has 1 aliphatic rings. The molecule has 1 saturated heterocycles. The summed E-state index contributed by atoms with van der Waals surface area (Å²) < 4.78 is 0. The number of aromatic nitrogens is 1. The first-order valence-electron chi connectivity index (χ1n) is 7.91. The number of benzene rings is 1. The summed E-state index contributed by atoms with van der Waals surface area (Å²) in [6.07, 6.45) is 2.37. The van der Waals surface area contributed by atoms with Crippen LogP contribution in [0.25, 0.3) is 10.9 Å². The maximum Gasteiger partial charge on any atom is 0.253 e. The highest BCUT2D eigenvalue weighted by Crippen LogP contribution is 2.18. The van der Waals surface area contributed by atoms with E-state index in [0.29, 0.717) is 18.2 Å². The second kappa shape index (κ2) is 6.05. The van der Waals surface area contributed by atoms with E-state index in [0.717, 1.165) is 29.6 Å². The van der Waals surface area contributed by atoms with Gasteiger partial charge >= 0.3 is 0 Å². The van der Waals surface area contributed by atoms with E-state index < -0.39 is 0 Å². The first kappa shape index (κ1) is 15.0.